The predicted octanol–water partition coefficient (Wildman–Crippen LogP) is 5.22. The highest BCUT2D eigenvalue weighted by atomic mass is 35.5. The Balaban J connectivity index is 2.12. The molecule has 8 heteroatoms. The van der Waals surface area contributed by atoms with E-state index in [-0.39, 0.29) is 11.6 Å². The zero-order valence-electron chi connectivity index (χ0n) is 15.2. The zero-order chi connectivity index (χ0) is 20.3. The van der Waals surface area contributed by atoms with Crippen molar-refractivity contribution in [2.45, 2.75) is 19.9 Å². The Morgan fingerprint density at radius 2 is 2.00 bits per heavy atom. The van der Waals surface area contributed by atoms with E-state index in [9.17, 15) is 13.7 Å². The smallest absolute Gasteiger partial charge is 0.232 e. The van der Waals surface area contributed by atoms with Crippen molar-refractivity contribution in [3.05, 3.63) is 53.1 Å². The van der Waals surface area contributed by atoms with Crippen LogP contribution in [0.3, 0.4) is 0 Å². The third-order valence-electron chi connectivity index (χ3n) is 4.41. The van der Waals surface area contributed by atoms with E-state index in [0.29, 0.717) is 29.2 Å². The summed E-state index contributed by atoms with van der Waals surface area (Å²) >= 11 is 11.7. The molecular weight excluding hydrogens is 417 g/mol. The Hall–Kier alpha value is -2.20. The highest BCUT2D eigenvalue weighted by Crippen LogP contribution is 2.35. The second-order valence-electron chi connectivity index (χ2n) is 6.29. The summed E-state index contributed by atoms with van der Waals surface area (Å²) in [4.78, 5) is 0. The minimum Gasteiger partial charge on any atom is -0.340 e. The van der Waals surface area contributed by atoms with Crippen molar-refractivity contribution in [3.8, 4) is 17.3 Å². The van der Waals surface area contributed by atoms with Gasteiger partial charge in [-0.1, -0.05) is 23.7 Å². The highest BCUT2D eigenvalue weighted by Gasteiger charge is 2.19. The minimum absolute atomic E-state index is 0.0438. The Bertz CT molecular complexity index is 1160. The van der Waals surface area contributed by atoms with E-state index in [0.717, 1.165) is 22.2 Å². The van der Waals surface area contributed by atoms with Gasteiger partial charge in [0.25, 0.3) is 0 Å². The largest absolute Gasteiger partial charge is 0.340 e. The number of fused-ring (bicyclic) bond motifs is 1. The number of aromatic nitrogens is 1. The van der Waals surface area contributed by atoms with E-state index >= 15 is 0 Å². The maximum Gasteiger partial charge on any atom is 0.232 e. The van der Waals surface area contributed by atoms with Crippen LogP contribution >= 0.6 is 23.2 Å². The molecule has 0 aliphatic heterocycles. The van der Waals surface area contributed by atoms with Crippen LogP contribution in [0.1, 0.15) is 18.9 Å². The van der Waals surface area contributed by atoms with Crippen molar-refractivity contribution in [1.82, 2.24) is 4.57 Å². The number of hydrogen-bond acceptors (Lipinski definition) is 3. The molecule has 3 aromatic rings. The van der Waals surface area contributed by atoms with Crippen molar-refractivity contribution in [1.29, 1.82) is 5.26 Å². The molecular formula is C20H19Cl2N3O2S. The lowest BCUT2D eigenvalue weighted by atomic mass is 10.1. The van der Waals surface area contributed by atoms with Crippen molar-refractivity contribution < 1.29 is 8.42 Å². The van der Waals surface area contributed by atoms with Crippen LogP contribution in [-0.4, -0.2) is 24.6 Å². The first-order valence-electron chi connectivity index (χ1n) is 8.79. The van der Waals surface area contributed by atoms with Crippen LogP contribution in [0, 0.1) is 11.3 Å². The van der Waals surface area contributed by atoms with Crippen molar-refractivity contribution in [2.24, 2.45) is 0 Å². The van der Waals surface area contributed by atoms with E-state index < -0.39 is 10.0 Å². The van der Waals surface area contributed by atoms with Crippen LogP contribution < -0.4 is 4.72 Å². The summed E-state index contributed by atoms with van der Waals surface area (Å²) < 4.78 is 29.0. The number of nitrogens with zero attached hydrogens (tertiary/aromatic N) is 2. The number of benzene rings is 2. The molecule has 0 unspecified atom stereocenters. The number of alkyl halides is 1. The Labute approximate surface area is 174 Å². The molecule has 1 aromatic heterocycles. The van der Waals surface area contributed by atoms with Gasteiger partial charge in [0.2, 0.25) is 10.0 Å². The van der Waals surface area contributed by atoms with Crippen LogP contribution in [0.4, 0.5) is 5.69 Å². The molecule has 0 aliphatic carbocycles. The Morgan fingerprint density at radius 3 is 2.68 bits per heavy atom. The van der Waals surface area contributed by atoms with E-state index in [1.165, 1.54) is 0 Å². The summed E-state index contributed by atoms with van der Waals surface area (Å²) in [5, 5.41) is 11.1. The molecule has 146 valence electrons. The molecule has 0 saturated heterocycles. The van der Waals surface area contributed by atoms with E-state index in [2.05, 4.69) is 10.8 Å². The molecule has 0 saturated carbocycles. The molecule has 0 fully saturated rings. The lowest BCUT2D eigenvalue weighted by molar-refractivity contribution is 0.600. The number of sulfonamides is 1. The molecule has 3 rings (SSSR count). The zero-order valence-corrected chi connectivity index (χ0v) is 17.6. The number of anilines is 1. The SMILES string of the molecule is CCn1c(-c2cccc(NS(=O)(=O)CCCCl)c2)c(C#N)c2cc(Cl)ccc21. The highest BCUT2D eigenvalue weighted by molar-refractivity contribution is 7.92. The fourth-order valence-corrected chi connectivity index (χ4v) is 4.85. The third kappa shape index (κ3) is 4.12. The molecule has 0 atom stereocenters. The number of hydrogen-bond donors (Lipinski definition) is 1. The summed E-state index contributed by atoms with van der Waals surface area (Å²) in [6, 6.07) is 14.8. The molecule has 0 amide bonds. The average Bonchev–Trinajstić information content (AvgIpc) is 2.98. The normalized spacial score (nSPS) is 11.5. The molecule has 0 radical (unpaired) electrons. The van der Waals surface area contributed by atoms with Crippen molar-refractivity contribution in [2.75, 3.05) is 16.4 Å². The van der Waals surface area contributed by atoms with Gasteiger partial charge in [0.1, 0.15) is 6.07 Å². The number of halogens is 2. The average molecular weight is 436 g/mol. The lowest BCUT2D eigenvalue weighted by Gasteiger charge is -2.12. The monoisotopic (exact) mass is 435 g/mol. The second-order valence-corrected chi connectivity index (χ2v) is 8.94. The Kier molecular flexibility index (Phi) is 6.19. The fourth-order valence-electron chi connectivity index (χ4n) is 3.27. The number of aryl methyl sites for hydroxylation is 1. The second kappa shape index (κ2) is 8.44. The summed E-state index contributed by atoms with van der Waals surface area (Å²) in [6.45, 7) is 2.65. The summed E-state index contributed by atoms with van der Waals surface area (Å²) in [7, 11) is -3.48. The van der Waals surface area contributed by atoms with Gasteiger partial charge in [-0.25, -0.2) is 8.42 Å². The topological polar surface area (TPSA) is 74.9 Å². The van der Waals surface area contributed by atoms with E-state index in [4.69, 9.17) is 23.2 Å². The summed E-state index contributed by atoms with van der Waals surface area (Å²) in [5.74, 6) is 0.240. The first-order chi connectivity index (χ1) is 13.4. The molecule has 1 heterocycles. The van der Waals surface area contributed by atoms with Gasteiger partial charge >= 0.3 is 0 Å². The minimum atomic E-state index is -3.48. The number of nitriles is 1. The molecule has 0 aliphatic rings. The Morgan fingerprint density at radius 1 is 1.21 bits per heavy atom. The van der Waals surface area contributed by atoms with Gasteiger partial charge in [0, 0.05) is 39.6 Å². The standard InChI is InChI=1S/C20H19Cl2N3O2S/c1-2-25-19-8-7-15(22)12-17(19)18(13-23)20(25)14-5-3-6-16(11-14)24-28(26,27)10-4-9-21/h3,5-8,11-12,24H,2,4,9-10H2,1H3. The van der Waals surface area contributed by atoms with Gasteiger partial charge in [-0.15, -0.1) is 11.6 Å². The van der Waals surface area contributed by atoms with Crippen molar-refractivity contribution >= 4 is 49.8 Å². The van der Waals surface area contributed by atoms with Gasteiger partial charge < -0.3 is 4.57 Å². The predicted molar refractivity (Wildman–Crippen MR) is 116 cm³/mol. The van der Waals surface area contributed by atoms with Gasteiger partial charge in [0.05, 0.1) is 17.0 Å². The van der Waals surface area contributed by atoms with Gasteiger partial charge in [-0.05, 0) is 43.7 Å². The third-order valence-corrected chi connectivity index (χ3v) is 6.28. The molecule has 0 spiro atoms. The van der Waals surface area contributed by atoms with Crippen LogP contribution in [-0.2, 0) is 16.6 Å². The number of nitrogens with one attached hydrogen (secondary N) is 1. The number of rotatable bonds is 7. The van der Waals surface area contributed by atoms with Gasteiger partial charge in [-0.3, -0.25) is 4.72 Å². The van der Waals surface area contributed by atoms with Crippen LogP contribution in [0.2, 0.25) is 5.02 Å². The quantitative estimate of drug-likeness (QED) is 0.516. The molecule has 2 aromatic carbocycles. The first kappa shape index (κ1) is 20.5. The van der Waals surface area contributed by atoms with Crippen LogP contribution in [0.25, 0.3) is 22.2 Å². The summed E-state index contributed by atoms with van der Waals surface area (Å²) in [6.07, 6.45) is 0.375. The maximum absolute atomic E-state index is 12.2. The first-order valence-corrected chi connectivity index (χ1v) is 11.4. The van der Waals surface area contributed by atoms with Crippen LogP contribution in [0.5, 0.6) is 0 Å². The summed E-state index contributed by atoms with van der Waals surface area (Å²) in [5.41, 5.74) is 3.36. The van der Waals surface area contributed by atoms with Gasteiger partial charge in [-0.2, -0.15) is 5.26 Å². The van der Waals surface area contributed by atoms with Crippen LogP contribution in [0.15, 0.2) is 42.5 Å². The molecule has 5 nitrogen and oxygen atoms in total. The van der Waals surface area contributed by atoms with Crippen molar-refractivity contribution in [3.63, 3.8) is 0 Å². The van der Waals surface area contributed by atoms with E-state index in [1.807, 2.05) is 23.6 Å². The molecule has 0 bridgehead atoms. The fraction of sp³-hybridized carbons (Fsp3) is 0.250. The molecule has 1 N–H and O–H groups in total. The van der Waals surface area contributed by atoms with Gasteiger partial charge in [0.15, 0.2) is 0 Å². The van der Waals surface area contributed by atoms with E-state index in [1.54, 1.807) is 30.3 Å². The molecule has 28 heavy (non-hydrogen) atoms. The maximum atomic E-state index is 12.2. The lowest BCUT2D eigenvalue weighted by Crippen LogP contribution is -2.17.